The molecule has 0 aliphatic carbocycles. The summed E-state index contributed by atoms with van der Waals surface area (Å²) in [6.45, 7) is 1.56. The lowest BCUT2D eigenvalue weighted by Gasteiger charge is -2.16. The van der Waals surface area contributed by atoms with E-state index >= 15 is 0 Å². The second kappa shape index (κ2) is 3.07. The van der Waals surface area contributed by atoms with Gasteiger partial charge in [0.25, 0.3) is 0 Å². The SMILES string of the molecule is C#CC1(C)C(=O)NC(NC)=C1C(=N)N. The molecule has 5 heteroatoms. The highest BCUT2D eigenvalue weighted by atomic mass is 16.2. The summed E-state index contributed by atoms with van der Waals surface area (Å²) in [7, 11) is 1.63. The van der Waals surface area contributed by atoms with Crippen LogP contribution in [0.1, 0.15) is 6.92 Å². The number of hydrogen-bond donors (Lipinski definition) is 4. The molecule has 0 aromatic rings. The lowest BCUT2D eigenvalue weighted by molar-refractivity contribution is -0.123. The van der Waals surface area contributed by atoms with Crippen LogP contribution in [-0.2, 0) is 4.79 Å². The fourth-order valence-corrected chi connectivity index (χ4v) is 1.39. The molecule has 74 valence electrons. The lowest BCUT2D eigenvalue weighted by Crippen LogP contribution is -2.33. The van der Waals surface area contributed by atoms with Crippen LogP contribution in [0.3, 0.4) is 0 Å². The maximum Gasteiger partial charge on any atom is 0.248 e. The van der Waals surface area contributed by atoms with Crippen molar-refractivity contribution >= 4 is 11.7 Å². The summed E-state index contributed by atoms with van der Waals surface area (Å²) in [5.41, 5.74) is 4.55. The Hall–Kier alpha value is -1.96. The van der Waals surface area contributed by atoms with Crippen LogP contribution >= 0.6 is 0 Å². The van der Waals surface area contributed by atoms with E-state index in [9.17, 15) is 4.79 Å². The van der Waals surface area contributed by atoms with Crippen molar-refractivity contribution in [3.63, 3.8) is 0 Å². The molecule has 1 rings (SSSR count). The molecule has 0 saturated carbocycles. The first-order valence-corrected chi connectivity index (χ1v) is 4.03. The molecule has 5 nitrogen and oxygen atoms in total. The van der Waals surface area contributed by atoms with Crippen molar-refractivity contribution < 1.29 is 4.79 Å². The molecule has 0 aromatic carbocycles. The Balaban J connectivity index is 3.34. The summed E-state index contributed by atoms with van der Waals surface area (Å²) in [4.78, 5) is 11.5. The van der Waals surface area contributed by atoms with Gasteiger partial charge in [-0.25, -0.2) is 0 Å². The Morgan fingerprint density at radius 2 is 2.36 bits per heavy atom. The van der Waals surface area contributed by atoms with Gasteiger partial charge >= 0.3 is 0 Å². The first-order chi connectivity index (χ1) is 6.47. The number of carbonyl (C=O) groups is 1. The van der Waals surface area contributed by atoms with Crippen molar-refractivity contribution in [2.24, 2.45) is 11.1 Å². The molecule has 0 aromatic heterocycles. The second-order valence-electron chi connectivity index (χ2n) is 3.14. The van der Waals surface area contributed by atoms with Crippen LogP contribution in [0.15, 0.2) is 11.4 Å². The first kappa shape index (κ1) is 10.1. The van der Waals surface area contributed by atoms with Crippen LogP contribution in [0, 0.1) is 23.2 Å². The highest BCUT2D eigenvalue weighted by Gasteiger charge is 2.44. The standard InChI is InChI=1S/C9H12N4O/c1-4-9(2)5(6(10)11)7(12-3)13-8(9)14/h1,12H,2-3H3,(H3,10,11)(H,13,14). The number of amides is 1. The zero-order valence-electron chi connectivity index (χ0n) is 8.06. The Morgan fingerprint density at radius 1 is 1.79 bits per heavy atom. The zero-order chi connectivity index (χ0) is 10.9. The molecule has 1 unspecified atom stereocenters. The minimum absolute atomic E-state index is 0.201. The van der Waals surface area contributed by atoms with E-state index < -0.39 is 5.41 Å². The van der Waals surface area contributed by atoms with E-state index in [1.165, 1.54) is 0 Å². The monoisotopic (exact) mass is 192 g/mol. The minimum atomic E-state index is -1.15. The van der Waals surface area contributed by atoms with Crippen molar-refractivity contribution in [1.82, 2.24) is 10.6 Å². The van der Waals surface area contributed by atoms with Crippen molar-refractivity contribution in [3.8, 4) is 12.3 Å². The Bertz CT molecular complexity index is 377. The molecule has 0 spiro atoms. The molecule has 1 aliphatic rings. The maximum atomic E-state index is 11.5. The van der Waals surface area contributed by atoms with Gasteiger partial charge in [0.05, 0.1) is 5.57 Å². The second-order valence-corrected chi connectivity index (χ2v) is 3.14. The van der Waals surface area contributed by atoms with E-state index in [-0.39, 0.29) is 11.7 Å². The van der Waals surface area contributed by atoms with Crippen LogP contribution in [0.4, 0.5) is 0 Å². The summed E-state index contributed by atoms with van der Waals surface area (Å²) in [6.07, 6.45) is 5.28. The summed E-state index contributed by atoms with van der Waals surface area (Å²) in [5, 5.41) is 12.7. The minimum Gasteiger partial charge on any atom is -0.384 e. The maximum absolute atomic E-state index is 11.5. The van der Waals surface area contributed by atoms with Crippen molar-refractivity contribution in [2.45, 2.75) is 6.92 Å². The predicted molar refractivity (Wildman–Crippen MR) is 53.1 cm³/mol. The summed E-state index contributed by atoms with van der Waals surface area (Å²) >= 11 is 0. The number of nitrogens with one attached hydrogen (secondary N) is 3. The van der Waals surface area contributed by atoms with E-state index in [0.717, 1.165) is 0 Å². The van der Waals surface area contributed by atoms with E-state index in [1.54, 1.807) is 14.0 Å². The quantitative estimate of drug-likeness (QED) is 0.260. The van der Waals surface area contributed by atoms with Gasteiger partial charge in [0, 0.05) is 7.05 Å². The van der Waals surface area contributed by atoms with Gasteiger partial charge in [0.15, 0.2) is 0 Å². The highest BCUT2D eigenvalue weighted by Crippen LogP contribution is 2.32. The van der Waals surface area contributed by atoms with Crippen LogP contribution in [0.5, 0.6) is 0 Å². The lowest BCUT2D eigenvalue weighted by atomic mass is 9.84. The molecule has 14 heavy (non-hydrogen) atoms. The average Bonchev–Trinajstić information content (AvgIpc) is 2.39. The Morgan fingerprint density at radius 3 is 2.71 bits per heavy atom. The number of carbonyl (C=O) groups excluding carboxylic acids is 1. The van der Waals surface area contributed by atoms with Crippen LogP contribution in [-0.4, -0.2) is 18.8 Å². The zero-order valence-corrected chi connectivity index (χ0v) is 8.06. The largest absolute Gasteiger partial charge is 0.384 e. The summed E-state index contributed by atoms with van der Waals surface area (Å²) in [5.74, 6) is 2.22. The molecule has 0 fully saturated rings. The number of amidine groups is 1. The molecule has 0 bridgehead atoms. The fraction of sp³-hybridized carbons (Fsp3) is 0.333. The number of terminal acetylenes is 1. The molecule has 0 radical (unpaired) electrons. The molecular weight excluding hydrogens is 180 g/mol. The van der Waals surface area contributed by atoms with Gasteiger partial charge in [-0.3, -0.25) is 10.2 Å². The smallest absolute Gasteiger partial charge is 0.248 e. The third kappa shape index (κ3) is 1.12. The van der Waals surface area contributed by atoms with Crippen molar-refractivity contribution in [1.29, 1.82) is 5.41 Å². The van der Waals surface area contributed by atoms with Gasteiger partial charge in [-0.05, 0) is 6.92 Å². The highest BCUT2D eigenvalue weighted by molar-refractivity contribution is 6.09. The number of hydrogen-bond acceptors (Lipinski definition) is 3. The van der Waals surface area contributed by atoms with Crippen molar-refractivity contribution in [3.05, 3.63) is 11.4 Å². The van der Waals surface area contributed by atoms with Crippen LogP contribution < -0.4 is 16.4 Å². The van der Waals surface area contributed by atoms with E-state index in [2.05, 4.69) is 16.6 Å². The average molecular weight is 192 g/mol. The van der Waals surface area contributed by atoms with E-state index in [1.807, 2.05) is 0 Å². The summed E-state index contributed by atoms with van der Waals surface area (Å²) < 4.78 is 0. The Labute approximate surface area is 82.2 Å². The van der Waals surface area contributed by atoms with Gasteiger partial charge in [0.1, 0.15) is 17.1 Å². The van der Waals surface area contributed by atoms with Gasteiger partial charge in [-0.15, -0.1) is 6.42 Å². The van der Waals surface area contributed by atoms with E-state index in [0.29, 0.717) is 11.4 Å². The molecule has 1 aliphatic heterocycles. The van der Waals surface area contributed by atoms with Crippen LogP contribution in [0.25, 0.3) is 0 Å². The van der Waals surface area contributed by atoms with Crippen LogP contribution in [0.2, 0.25) is 0 Å². The topological polar surface area (TPSA) is 91.0 Å². The van der Waals surface area contributed by atoms with Gasteiger partial charge in [-0.2, -0.15) is 0 Å². The molecule has 5 N–H and O–H groups in total. The van der Waals surface area contributed by atoms with Gasteiger partial charge < -0.3 is 16.4 Å². The predicted octanol–water partition coefficient (Wildman–Crippen LogP) is -0.877. The molecule has 0 saturated heterocycles. The van der Waals surface area contributed by atoms with Gasteiger partial charge in [-0.1, -0.05) is 5.92 Å². The molecular formula is C9H12N4O. The van der Waals surface area contributed by atoms with E-state index in [4.69, 9.17) is 17.6 Å². The number of nitrogens with two attached hydrogens (primary N) is 1. The Kier molecular flexibility index (Phi) is 2.22. The first-order valence-electron chi connectivity index (χ1n) is 4.03. The third-order valence-corrected chi connectivity index (χ3v) is 2.25. The molecule has 1 atom stereocenters. The third-order valence-electron chi connectivity index (χ3n) is 2.25. The normalized spacial score (nSPS) is 25.6. The van der Waals surface area contributed by atoms with Crippen molar-refractivity contribution in [2.75, 3.05) is 7.05 Å². The molecule has 1 heterocycles. The van der Waals surface area contributed by atoms with Gasteiger partial charge in [0.2, 0.25) is 5.91 Å². The summed E-state index contributed by atoms with van der Waals surface area (Å²) in [6, 6.07) is 0. The fourth-order valence-electron chi connectivity index (χ4n) is 1.39. The number of rotatable bonds is 2. The molecule has 1 amide bonds.